The number of nitrogens with one attached hydrogen (secondary N) is 8. The summed E-state index contributed by atoms with van der Waals surface area (Å²) in [5.41, 5.74) is 2.40. The van der Waals surface area contributed by atoms with Crippen LogP contribution < -0.4 is 37.2 Å². The molecule has 15 nitrogen and oxygen atoms in total. The molecular weight excluding hydrogens is 729 g/mol. The van der Waals surface area contributed by atoms with Gasteiger partial charge in [0, 0.05) is 42.4 Å². The van der Waals surface area contributed by atoms with Crippen molar-refractivity contribution in [3.63, 3.8) is 0 Å². The zero-order valence-corrected chi connectivity index (χ0v) is 33.9. The third-order valence-corrected chi connectivity index (χ3v) is 10.1. The molecule has 0 radical (unpaired) electrons. The minimum absolute atomic E-state index is 0.0136. The predicted octanol–water partition coefficient (Wildman–Crippen LogP) is 2.07. The first-order valence-electron chi connectivity index (χ1n) is 19.7. The highest BCUT2D eigenvalue weighted by atomic mass is 16.2. The van der Waals surface area contributed by atoms with Gasteiger partial charge in [-0.05, 0) is 55.7 Å². The number of carbonyl (C=O) groups excluding carboxylic acids is 7. The van der Waals surface area contributed by atoms with Gasteiger partial charge in [0.05, 0.1) is 0 Å². The van der Waals surface area contributed by atoms with Crippen molar-refractivity contribution in [1.29, 1.82) is 0 Å². The summed E-state index contributed by atoms with van der Waals surface area (Å²) in [4.78, 5) is 98.6. The largest absolute Gasteiger partial charge is 0.361 e. The van der Waals surface area contributed by atoms with Gasteiger partial charge >= 0.3 is 0 Å². The molecule has 1 fully saturated rings. The fourth-order valence-corrected chi connectivity index (χ4v) is 6.76. The van der Waals surface area contributed by atoms with Gasteiger partial charge in [-0.15, -0.1) is 0 Å². The van der Waals surface area contributed by atoms with Crippen LogP contribution in [0.4, 0.5) is 0 Å². The second-order valence-corrected chi connectivity index (χ2v) is 15.6. The molecule has 1 aliphatic heterocycles. The lowest BCUT2D eigenvalue weighted by atomic mass is 9.91. The van der Waals surface area contributed by atoms with Gasteiger partial charge in [0.1, 0.15) is 36.3 Å². The van der Waals surface area contributed by atoms with Crippen LogP contribution in [-0.4, -0.2) is 89.1 Å². The smallest absolute Gasteiger partial charge is 0.243 e. The number of hydrogen-bond acceptors (Lipinski definition) is 7. The quantitative estimate of drug-likeness (QED) is 0.178. The average Bonchev–Trinajstić information content (AvgIpc) is 3.58. The van der Waals surface area contributed by atoms with Gasteiger partial charge in [-0.3, -0.25) is 33.6 Å². The molecule has 7 amide bonds. The van der Waals surface area contributed by atoms with Crippen LogP contribution in [0.25, 0.3) is 10.9 Å². The molecule has 3 aromatic rings. The molecule has 0 saturated carbocycles. The SMILES string of the molecule is CC(C)C[C@@H]1NC(=O)[C@H]([C@H](C)c2ccccc2)NC(=O)[C@H](C(C)C)NC(=O)[C@H](C)NC(=O)CCCNC(=O)[C@H](Cc2c[nH]c3ccccc23)NC(=O)[C@@H](C)NC1=O. The number of benzene rings is 2. The zero-order chi connectivity index (χ0) is 41.8. The van der Waals surface area contributed by atoms with Crippen molar-refractivity contribution < 1.29 is 33.6 Å². The van der Waals surface area contributed by atoms with E-state index in [9.17, 15) is 33.6 Å². The Morgan fingerprint density at radius 3 is 1.89 bits per heavy atom. The number of fused-ring (bicyclic) bond motifs is 1. The molecule has 308 valence electrons. The molecule has 57 heavy (non-hydrogen) atoms. The van der Waals surface area contributed by atoms with Gasteiger partial charge in [-0.25, -0.2) is 0 Å². The molecule has 0 unspecified atom stereocenters. The Hall–Kier alpha value is -5.73. The van der Waals surface area contributed by atoms with Crippen molar-refractivity contribution >= 4 is 52.3 Å². The zero-order valence-electron chi connectivity index (χ0n) is 33.9. The van der Waals surface area contributed by atoms with Crippen LogP contribution in [0.1, 0.15) is 84.8 Å². The summed E-state index contributed by atoms with van der Waals surface area (Å²) in [6.45, 7) is 12.1. The first-order chi connectivity index (χ1) is 27.0. The summed E-state index contributed by atoms with van der Waals surface area (Å²) in [6, 6.07) is 10.2. The van der Waals surface area contributed by atoms with Crippen LogP contribution in [0, 0.1) is 11.8 Å². The lowest BCUT2D eigenvalue weighted by Crippen LogP contribution is -2.61. The molecule has 2 aromatic carbocycles. The van der Waals surface area contributed by atoms with Crippen LogP contribution in [0.2, 0.25) is 0 Å². The summed E-state index contributed by atoms with van der Waals surface area (Å²) in [6.07, 6.45) is 2.35. The molecule has 1 aliphatic rings. The van der Waals surface area contributed by atoms with E-state index in [0.29, 0.717) is 0 Å². The van der Waals surface area contributed by atoms with Crippen molar-refractivity contribution in [2.45, 2.75) is 116 Å². The lowest BCUT2D eigenvalue weighted by Gasteiger charge is -2.31. The van der Waals surface area contributed by atoms with E-state index in [1.165, 1.54) is 13.8 Å². The first kappa shape index (κ1) is 44.0. The molecule has 4 rings (SSSR count). The number of carbonyl (C=O) groups is 7. The van der Waals surface area contributed by atoms with Crippen LogP contribution >= 0.6 is 0 Å². The topological polar surface area (TPSA) is 219 Å². The monoisotopic (exact) mass is 786 g/mol. The summed E-state index contributed by atoms with van der Waals surface area (Å²) in [5.74, 6) is -5.05. The average molecular weight is 787 g/mol. The second-order valence-electron chi connectivity index (χ2n) is 15.6. The minimum atomic E-state index is -1.18. The van der Waals surface area contributed by atoms with Gasteiger partial charge in [0.2, 0.25) is 41.4 Å². The number of amides is 7. The molecule has 0 bridgehead atoms. The lowest BCUT2D eigenvalue weighted by molar-refractivity contribution is -0.136. The Morgan fingerprint density at radius 1 is 0.614 bits per heavy atom. The van der Waals surface area contributed by atoms with Crippen LogP contribution in [0.15, 0.2) is 60.8 Å². The fraction of sp³-hybridized carbons (Fsp3) is 0.500. The van der Waals surface area contributed by atoms with Crippen molar-refractivity contribution in [3.8, 4) is 0 Å². The van der Waals surface area contributed by atoms with Crippen molar-refractivity contribution in [2.75, 3.05) is 6.54 Å². The Balaban J connectivity index is 1.66. The molecule has 8 N–H and O–H groups in total. The van der Waals surface area contributed by atoms with E-state index >= 15 is 0 Å². The maximum absolute atomic E-state index is 14.2. The molecular formula is C42H58N8O7. The first-order valence-corrected chi connectivity index (χ1v) is 19.7. The summed E-state index contributed by atoms with van der Waals surface area (Å²) in [7, 11) is 0. The summed E-state index contributed by atoms with van der Waals surface area (Å²) >= 11 is 0. The molecule has 1 saturated heterocycles. The van der Waals surface area contributed by atoms with E-state index < -0.39 is 89.4 Å². The summed E-state index contributed by atoms with van der Waals surface area (Å²) in [5, 5.41) is 20.2. The van der Waals surface area contributed by atoms with Crippen LogP contribution in [0.3, 0.4) is 0 Å². The highest BCUT2D eigenvalue weighted by molar-refractivity contribution is 5.97. The molecule has 7 atom stereocenters. The third-order valence-electron chi connectivity index (χ3n) is 10.1. The third kappa shape index (κ3) is 12.4. The van der Waals surface area contributed by atoms with Gasteiger partial charge in [-0.2, -0.15) is 0 Å². The van der Waals surface area contributed by atoms with Crippen molar-refractivity contribution in [1.82, 2.24) is 42.2 Å². The second kappa shape index (κ2) is 20.4. The Bertz CT molecular complexity index is 1890. The van der Waals surface area contributed by atoms with E-state index in [-0.39, 0.29) is 38.1 Å². The Morgan fingerprint density at radius 2 is 1.21 bits per heavy atom. The Labute approximate surface area is 334 Å². The van der Waals surface area contributed by atoms with Gasteiger partial charge in [0.15, 0.2) is 0 Å². The predicted molar refractivity (Wildman–Crippen MR) is 216 cm³/mol. The molecule has 15 heteroatoms. The summed E-state index contributed by atoms with van der Waals surface area (Å²) < 4.78 is 0. The van der Waals surface area contributed by atoms with Crippen molar-refractivity contribution in [3.05, 3.63) is 71.9 Å². The molecule has 1 aromatic heterocycles. The number of para-hydroxylation sites is 1. The minimum Gasteiger partial charge on any atom is -0.361 e. The standard InChI is InChI=1S/C42H58N8O7/c1-23(2)20-32-40(55)46-27(7)37(52)47-33(21-29-22-44-31-17-12-11-16-30(29)31)39(54)43-19-13-18-34(51)45-26(6)38(53)49-35(24(3)4)41(56)50-36(42(57)48-32)25(5)28-14-9-8-10-15-28/h8-12,14-17,22-27,32-33,35-36,44H,13,18-21H2,1-7H3,(H,43,54)(H,45,51)(H,46,55)(H,47,52)(H,48,57)(H,49,53)(H,50,56)/t25-,26+,27-,32+,33+,35+,36+/m1/s1. The van der Waals surface area contributed by atoms with Gasteiger partial charge in [0.25, 0.3) is 0 Å². The molecule has 0 aliphatic carbocycles. The van der Waals surface area contributed by atoms with E-state index in [0.717, 1.165) is 22.0 Å². The van der Waals surface area contributed by atoms with Crippen LogP contribution in [-0.2, 0) is 40.0 Å². The Kier molecular flexibility index (Phi) is 15.8. The number of rotatable bonds is 7. The van der Waals surface area contributed by atoms with E-state index in [1.54, 1.807) is 27.0 Å². The van der Waals surface area contributed by atoms with E-state index in [4.69, 9.17) is 0 Å². The molecule has 0 spiro atoms. The van der Waals surface area contributed by atoms with Crippen molar-refractivity contribution in [2.24, 2.45) is 11.8 Å². The maximum Gasteiger partial charge on any atom is 0.243 e. The van der Waals surface area contributed by atoms with Crippen LogP contribution in [0.5, 0.6) is 0 Å². The van der Waals surface area contributed by atoms with Gasteiger partial charge < -0.3 is 42.2 Å². The fourth-order valence-electron chi connectivity index (χ4n) is 6.76. The maximum atomic E-state index is 14.2. The number of aromatic nitrogens is 1. The normalized spacial score (nSPS) is 24.8. The number of hydrogen-bond donors (Lipinski definition) is 8. The number of H-pyrrole nitrogens is 1. The van der Waals surface area contributed by atoms with E-state index in [2.05, 4.69) is 42.2 Å². The highest BCUT2D eigenvalue weighted by Gasteiger charge is 2.36. The van der Waals surface area contributed by atoms with Gasteiger partial charge in [-0.1, -0.05) is 83.1 Å². The highest BCUT2D eigenvalue weighted by Crippen LogP contribution is 2.22. The molecule has 2 heterocycles. The number of aromatic amines is 1. The van der Waals surface area contributed by atoms with E-state index in [1.807, 2.05) is 68.4 Å².